The zero-order chi connectivity index (χ0) is 10.8. The number of fused-ring (bicyclic) bond motifs is 1. The Labute approximate surface area is 93.1 Å². The van der Waals surface area contributed by atoms with Crippen LogP contribution in [0.2, 0.25) is 5.02 Å². The number of hydrogen-bond acceptors (Lipinski definition) is 2. The van der Waals surface area contributed by atoms with Crippen LogP contribution in [0.3, 0.4) is 0 Å². The summed E-state index contributed by atoms with van der Waals surface area (Å²) < 4.78 is 0. The molecule has 0 spiro atoms. The fourth-order valence-corrected chi connectivity index (χ4v) is 1.74. The topological polar surface area (TPSA) is 41.1 Å². The Kier molecular flexibility index (Phi) is 2.64. The van der Waals surface area contributed by atoms with Crippen LogP contribution in [0.25, 0.3) is 0 Å². The lowest BCUT2D eigenvalue weighted by Gasteiger charge is -2.18. The molecule has 1 aliphatic rings. The lowest BCUT2D eigenvalue weighted by atomic mass is 10.0. The van der Waals surface area contributed by atoms with Gasteiger partial charge in [0.1, 0.15) is 5.70 Å². The highest BCUT2D eigenvalue weighted by Gasteiger charge is 2.14. The number of hydrogen-bond donors (Lipinski definition) is 2. The van der Waals surface area contributed by atoms with E-state index in [-0.39, 0.29) is 5.91 Å². The predicted molar refractivity (Wildman–Crippen MR) is 60.9 cm³/mol. The molecule has 0 atom stereocenters. The molecule has 0 aliphatic carbocycles. The van der Waals surface area contributed by atoms with Gasteiger partial charge >= 0.3 is 0 Å². The number of rotatable bonds is 1. The molecule has 1 aromatic rings. The monoisotopic (exact) mass is 222 g/mol. The van der Waals surface area contributed by atoms with Crippen LogP contribution in [0.5, 0.6) is 0 Å². The maximum Gasteiger partial charge on any atom is 0.267 e. The minimum atomic E-state index is -0.101. The van der Waals surface area contributed by atoms with Gasteiger partial charge in [0, 0.05) is 17.8 Å². The van der Waals surface area contributed by atoms with Gasteiger partial charge < -0.3 is 10.6 Å². The summed E-state index contributed by atoms with van der Waals surface area (Å²) >= 11 is 5.88. The van der Waals surface area contributed by atoms with E-state index in [2.05, 4.69) is 10.6 Å². The van der Waals surface area contributed by atoms with Crippen LogP contribution in [0.1, 0.15) is 5.56 Å². The summed E-state index contributed by atoms with van der Waals surface area (Å²) in [6.45, 7) is 0. The number of amides is 1. The quantitative estimate of drug-likeness (QED) is 0.763. The minimum absolute atomic E-state index is 0.101. The second kappa shape index (κ2) is 3.95. The minimum Gasteiger partial charge on any atom is -0.354 e. The summed E-state index contributed by atoms with van der Waals surface area (Å²) in [4.78, 5) is 11.4. The number of benzene rings is 1. The van der Waals surface area contributed by atoms with Gasteiger partial charge in [0.15, 0.2) is 0 Å². The Bertz CT molecular complexity index is 440. The number of halogens is 1. The van der Waals surface area contributed by atoms with Gasteiger partial charge in [-0.05, 0) is 30.2 Å². The average molecular weight is 223 g/mol. The second-order valence-corrected chi connectivity index (χ2v) is 3.76. The second-order valence-electron chi connectivity index (χ2n) is 3.33. The molecule has 3 nitrogen and oxygen atoms in total. The fraction of sp³-hybridized carbons (Fsp3) is 0.182. The van der Waals surface area contributed by atoms with Crippen molar-refractivity contribution in [1.29, 1.82) is 0 Å². The maximum atomic E-state index is 11.4. The Hall–Kier alpha value is -1.48. The van der Waals surface area contributed by atoms with E-state index >= 15 is 0 Å². The molecule has 0 bridgehead atoms. The number of allylic oxidation sites excluding steroid dienone is 1. The van der Waals surface area contributed by atoms with E-state index in [0.29, 0.717) is 10.7 Å². The largest absolute Gasteiger partial charge is 0.354 e. The number of nitrogens with one attached hydrogen (secondary N) is 2. The van der Waals surface area contributed by atoms with Crippen molar-refractivity contribution >= 4 is 23.2 Å². The smallest absolute Gasteiger partial charge is 0.267 e. The molecule has 1 aliphatic heterocycles. The molecule has 15 heavy (non-hydrogen) atoms. The summed E-state index contributed by atoms with van der Waals surface area (Å²) in [6, 6.07) is 5.59. The van der Waals surface area contributed by atoms with Crippen molar-refractivity contribution in [3.63, 3.8) is 0 Å². The number of likely N-dealkylation sites (N-methyl/N-ethyl adjacent to an activating group) is 1. The number of anilines is 1. The van der Waals surface area contributed by atoms with Crippen molar-refractivity contribution in [2.24, 2.45) is 0 Å². The molecule has 1 aromatic carbocycles. The SMILES string of the molecule is CNC(=O)C1=CCc2cc(Cl)ccc2N1. The molecule has 0 unspecified atom stereocenters. The molecule has 0 aromatic heterocycles. The molecule has 0 saturated heterocycles. The van der Waals surface area contributed by atoms with E-state index in [9.17, 15) is 4.79 Å². The van der Waals surface area contributed by atoms with E-state index in [4.69, 9.17) is 11.6 Å². The molecule has 0 saturated carbocycles. The number of carbonyl (C=O) groups is 1. The Morgan fingerprint density at radius 2 is 2.33 bits per heavy atom. The van der Waals surface area contributed by atoms with Crippen LogP contribution in [-0.2, 0) is 11.2 Å². The first-order valence-corrected chi connectivity index (χ1v) is 5.06. The van der Waals surface area contributed by atoms with Gasteiger partial charge in [-0.25, -0.2) is 0 Å². The molecule has 1 heterocycles. The van der Waals surface area contributed by atoms with E-state index in [1.807, 2.05) is 18.2 Å². The van der Waals surface area contributed by atoms with Crippen LogP contribution >= 0.6 is 11.6 Å². The summed E-state index contributed by atoms with van der Waals surface area (Å²) in [5.41, 5.74) is 2.64. The maximum absolute atomic E-state index is 11.4. The third-order valence-corrected chi connectivity index (χ3v) is 2.57. The third-order valence-electron chi connectivity index (χ3n) is 2.33. The van der Waals surface area contributed by atoms with Crippen LogP contribution < -0.4 is 10.6 Å². The van der Waals surface area contributed by atoms with Gasteiger partial charge in [-0.15, -0.1) is 0 Å². The number of carbonyl (C=O) groups excluding carboxylic acids is 1. The van der Waals surface area contributed by atoms with Crippen molar-refractivity contribution in [1.82, 2.24) is 5.32 Å². The first kappa shape index (κ1) is 10.1. The van der Waals surface area contributed by atoms with E-state index < -0.39 is 0 Å². The molecular formula is C11H11ClN2O. The predicted octanol–water partition coefficient (Wildman–Crippen LogP) is 1.94. The normalized spacial score (nSPS) is 13.6. The van der Waals surface area contributed by atoms with E-state index in [0.717, 1.165) is 17.7 Å². The van der Waals surface area contributed by atoms with Crippen LogP contribution in [0.15, 0.2) is 30.0 Å². The van der Waals surface area contributed by atoms with Crippen LogP contribution in [0, 0.1) is 0 Å². The van der Waals surface area contributed by atoms with Crippen LogP contribution in [-0.4, -0.2) is 13.0 Å². The van der Waals surface area contributed by atoms with Crippen molar-refractivity contribution in [3.8, 4) is 0 Å². The molecule has 2 rings (SSSR count). The van der Waals surface area contributed by atoms with Gasteiger partial charge in [-0.2, -0.15) is 0 Å². The average Bonchev–Trinajstić information content (AvgIpc) is 2.27. The van der Waals surface area contributed by atoms with Crippen molar-refractivity contribution < 1.29 is 4.79 Å². The summed E-state index contributed by atoms with van der Waals surface area (Å²) in [5, 5.41) is 6.36. The molecule has 78 valence electrons. The Morgan fingerprint density at radius 3 is 3.07 bits per heavy atom. The van der Waals surface area contributed by atoms with E-state index in [1.54, 1.807) is 13.1 Å². The van der Waals surface area contributed by atoms with Gasteiger partial charge in [0.05, 0.1) is 0 Å². The van der Waals surface area contributed by atoms with Crippen molar-refractivity contribution in [2.75, 3.05) is 12.4 Å². The highest BCUT2D eigenvalue weighted by atomic mass is 35.5. The Morgan fingerprint density at radius 1 is 1.53 bits per heavy atom. The van der Waals surface area contributed by atoms with Gasteiger partial charge in [0.25, 0.3) is 5.91 Å². The molecule has 4 heteroatoms. The van der Waals surface area contributed by atoms with Crippen molar-refractivity contribution in [2.45, 2.75) is 6.42 Å². The van der Waals surface area contributed by atoms with Gasteiger partial charge in [-0.3, -0.25) is 4.79 Å². The lowest BCUT2D eigenvalue weighted by Crippen LogP contribution is -2.26. The first-order valence-electron chi connectivity index (χ1n) is 4.68. The summed E-state index contributed by atoms with van der Waals surface area (Å²) in [6.07, 6.45) is 2.59. The summed E-state index contributed by atoms with van der Waals surface area (Å²) in [7, 11) is 1.61. The summed E-state index contributed by atoms with van der Waals surface area (Å²) in [5.74, 6) is -0.101. The van der Waals surface area contributed by atoms with Crippen molar-refractivity contribution in [3.05, 3.63) is 40.6 Å². The molecular weight excluding hydrogens is 212 g/mol. The molecule has 2 N–H and O–H groups in total. The highest BCUT2D eigenvalue weighted by Crippen LogP contribution is 2.26. The lowest BCUT2D eigenvalue weighted by molar-refractivity contribution is -0.116. The van der Waals surface area contributed by atoms with Crippen LogP contribution in [0.4, 0.5) is 5.69 Å². The standard InChI is InChI=1S/C11H11ClN2O/c1-13-11(15)10-4-2-7-6-8(12)3-5-9(7)14-10/h3-6,14H,2H2,1H3,(H,13,15). The zero-order valence-corrected chi connectivity index (χ0v) is 9.06. The zero-order valence-electron chi connectivity index (χ0n) is 8.30. The van der Waals surface area contributed by atoms with Gasteiger partial charge in [0.2, 0.25) is 0 Å². The van der Waals surface area contributed by atoms with E-state index in [1.165, 1.54) is 0 Å². The molecule has 0 radical (unpaired) electrons. The molecule has 0 fully saturated rings. The van der Waals surface area contributed by atoms with Gasteiger partial charge in [-0.1, -0.05) is 17.7 Å². The molecule has 1 amide bonds. The first-order chi connectivity index (χ1) is 7.20. The Balaban J connectivity index is 2.27. The fourth-order valence-electron chi connectivity index (χ4n) is 1.55. The third kappa shape index (κ3) is 1.97. The highest BCUT2D eigenvalue weighted by molar-refractivity contribution is 6.30.